The molecule has 0 aliphatic carbocycles. The van der Waals surface area contributed by atoms with Crippen LogP contribution in [0.3, 0.4) is 0 Å². The summed E-state index contributed by atoms with van der Waals surface area (Å²) in [5.74, 6) is 0.190. The van der Waals surface area contributed by atoms with Gasteiger partial charge in [-0.3, -0.25) is 4.79 Å². The van der Waals surface area contributed by atoms with E-state index in [1.165, 1.54) is 11.0 Å². The first kappa shape index (κ1) is 10.1. The predicted molar refractivity (Wildman–Crippen MR) is 48.6 cm³/mol. The summed E-state index contributed by atoms with van der Waals surface area (Å²) in [6.45, 7) is 1.80. The van der Waals surface area contributed by atoms with E-state index in [2.05, 4.69) is 41.5 Å². The van der Waals surface area contributed by atoms with Crippen molar-refractivity contribution in [3.63, 3.8) is 0 Å². The fourth-order valence-corrected chi connectivity index (χ4v) is 1.10. The maximum atomic E-state index is 11.5. The highest BCUT2D eigenvalue weighted by Gasteiger charge is 2.13. The first-order valence-corrected chi connectivity index (χ1v) is 4.49. The SMILES string of the molecule is CC(NC(=O)Cn1cnnn1)c1nn[nH]n1. The number of tetrazole rings is 2. The second-order valence-electron chi connectivity index (χ2n) is 3.07. The van der Waals surface area contributed by atoms with Gasteiger partial charge in [0, 0.05) is 0 Å². The minimum absolute atomic E-state index is 0.0508. The molecule has 0 aliphatic heterocycles. The molecule has 0 fully saturated rings. The standard InChI is InChI=1S/C6H9N9O/c1-4(6-9-12-13-10-6)8-5(16)2-15-3-7-11-14-15/h3-4H,2H2,1H3,(H,8,16)(H,9,10,12,13). The van der Waals surface area contributed by atoms with Crippen LogP contribution in [0, 0.1) is 0 Å². The molecular weight excluding hydrogens is 214 g/mol. The highest BCUT2D eigenvalue weighted by Crippen LogP contribution is 2.02. The summed E-state index contributed by atoms with van der Waals surface area (Å²) in [6.07, 6.45) is 1.36. The van der Waals surface area contributed by atoms with E-state index in [1.54, 1.807) is 6.92 Å². The fraction of sp³-hybridized carbons (Fsp3) is 0.500. The van der Waals surface area contributed by atoms with E-state index in [-0.39, 0.29) is 18.5 Å². The molecule has 2 aromatic rings. The van der Waals surface area contributed by atoms with Gasteiger partial charge in [-0.25, -0.2) is 4.68 Å². The number of nitrogens with one attached hydrogen (secondary N) is 2. The molecule has 0 saturated heterocycles. The molecule has 84 valence electrons. The molecule has 0 bridgehead atoms. The summed E-state index contributed by atoms with van der Waals surface area (Å²) >= 11 is 0. The van der Waals surface area contributed by atoms with Crippen LogP contribution >= 0.6 is 0 Å². The van der Waals surface area contributed by atoms with E-state index >= 15 is 0 Å². The van der Waals surface area contributed by atoms with Crippen LogP contribution < -0.4 is 5.32 Å². The molecule has 0 aliphatic rings. The molecule has 2 N–H and O–H groups in total. The Morgan fingerprint density at radius 1 is 1.69 bits per heavy atom. The lowest BCUT2D eigenvalue weighted by Gasteiger charge is -2.08. The minimum atomic E-state index is -0.317. The normalized spacial score (nSPS) is 12.3. The monoisotopic (exact) mass is 223 g/mol. The number of hydrogen-bond acceptors (Lipinski definition) is 7. The quantitative estimate of drug-likeness (QED) is 0.617. The van der Waals surface area contributed by atoms with E-state index in [1.807, 2.05) is 0 Å². The lowest BCUT2D eigenvalue weighted by Crippen LogP contribution is -2.30. The molecule has 10 heteroatoms. The van der Waals surface area contributed by atoms with Crippen molar-refractivity contribution in [3.05, 3.63) is 12.2 Å². The van der Waals surface area contributed by atoms with Gasteiger partial charge in [0.1, 0.15) is 12.9 Å². The molecule has 1 atom stereocenters. The van der Waals surface area contributed by atoms with Crippen molar-refractivity contribution in [3.8, 4) is 0 Å². The molecule has 0 aromatic carbocycles. The van der Waals surface area contributed by atoms with Gasteiger partial charge in [0.25, 0.3) is 0 Å². The summed E-state index contributed by atoms with van der Waals surface area (Å²) in [6, 6.07) is -0.317. The minimum Gasteiger partial charge on any atom is -0.345 e. The third kappa shape index (κ3) is 2.34. The second kappa shape index (κ2) is 4.42. The van der Waals surface area contributed by atoms with Gasteiger partial charge in [0.2, 0.25) is 5.91 Å². The van der Waals surface area contributed by atoms with Crippen molar-refractivity contribution < 1.29 is 4.79 Å². The largest absolute Gasteiger partial charge is 0.345 e. The number of aromatic amines is 1. The van der Waals surface area contributed by atoms with Crippen LogP contribution in [0.4, 0.5) is 0 Å². The van der Waals surface area contributed by atoms with Crippen molar-refractivity contribution in [2.24, 2.45) is 0 Å². The van der Waals surface area contributed by atoms with Gasteiger partial charge in [0.05, 0.1) is 6.04 Å². The third-order valence-corrected chi connectivity index (χ3v) is 1.82. The molecule has 0 radical (unpaired) electrons. The Morgan fingerprint density at radius 2 is 2.56 bits per heavy atom. The molecule has 0 saturated carbocycles. The molecule has 1 unspecified atom stereocenters. The number of H-pyrrole nitrogens is 1. The van der Waals surface area contributed by atoms with Crippen LogP contribution in [0.1, 0.15) is 18.8 Å². The first-order chi connectivity index (χ1) is 7.75. The molecule has 10 nitrogen and oxygen atoms in total. The Balaban J connectivity index is 1.88. The van der Waals surface area contributed by atoms with E-state index < -0.39 is 0 Å². The maximum Gasteiger partial charge on any atom is 0.242 e. The van der Waals surface area contributed by atoms with E-state index in [0.717, 1.165) is 0 Å². The van der Waals surface area contributed by atoms with Crippen molar-refractivity contribution >= 4 is 5.91 Å². The Hall–Kier alpha value is -2.39. The van der Waals surface area contributed by atoms with Gasteiger partial charge < -0.3 is 5.32 Å². The molecule has 0 spiro atoms. The Bertz CT molecular complexity index is 435. The topological polar surface area (TPSA) is 127 Å². The Kier molecular flexibility index (Phi) is 2.80. The van der Waals surface area contributed by atoms with Crippen LogP contribution in [0.5, 0.6) is 0 Å². The number of amides is 1. The van der Waals surface area contributed by atoms with Gasteiger partial charge in [-0.1, -0.05) is 5.21 Å². The average Bonchev–Trinajstić information content (AvgIpc) is 2.88. The lowest BCUT2D eigenvalue weighted by molar-refractivity contribution is -0.122. The average molecular weight is 223 g/mol. The smallest absolute Gasteiger partial charge is 0.242 e. The molecule has 1 amide bonds. The van der Waals surface area contributed by atoms with Crippen LogP contribution in [-0.2, 0) is 11.3 Å². The first-order valence-electron chi connectivity index (χ1n) is 4.49. The van der Waals surface area contributed by atoms with Crippen LogP contribution in [0.15, 0.2) is 6.33 Å². The molecule has 2 aromatic heterocycles. The zero-order valence-corrected chi connectivity index (χ0v) is 8.40. The van der Waals surface area contributed by atoms with Gasteiger partial charge in [-0.05, 0) is 17.4 Å². The van der Waals surface area contributed by atoms with Crippen molar-refractivity contribution in [2.45, 2.75) is 19.5 Å². The zero-order chi connectivity index (χ0) is 11.4. The Labute approximate surface area is 89.4 Å². The zero-order valence-electron chi connectivity index (χ0n) is 8.40. The summed E-state index contributed by atoms with van der Waals surface area (Å²) in [5.41, 5.74) is 0. The van der Waals surface area contributed by atoms with E-state index in [9.17, 15) is 4.79 Å². The van der Waals surface area contributed by atoms with Crippen LogP contribution in [-0.4, -0.2) is 46.7 Å². The fourth-order valence-electron chi connectivity index (χ4n) is 1.10. The number of aromatic nitrogens is 8. The summed E-state index contributed by atoms with van der Waals surface area (Å²) < 4.78 is 1.32. The third-order valence-electron chi connectivity index (χ3n) is 1.82. The number of nitrogens with zero attached hydrogens (tertiary/aromatic N) is 7. The molecule has 16 heavy (non-hydrogen) atoms. The highest BCUT2D eigenvalue weighted by atomic mass is 16.2. The molecular formula is C6H9N9O. The van der Waals surface area contributed by atoms with Gasteiger partial charge in [0.15, 0.2) is 5.82 Å². The number of rotatable bonds is 4. The van der Waals surface area contributed by atoms with Crippen LogP contribution in [0.2, 0.25) is 0 Å². The van der Waals surface area contributed by atoms with Gasteiger partial charge in [-0.2, -0.15) is 5.21 Å². The number of hydrogen-bond donors (Lipinski definition) is 2. The predicted octanol–water partition coefficient (Wildman–Crippen LogP) is -1.94. The van der Waals surface area contributed by atoms with Gasteiger partial charge in [-0.15, -0.1) is 15.3 Å². The Morgan fingerprint density at radius 3 is 3.19 bits per heavy atom. The van der Waals surface area contributed by atoms with E-state index in [0.29, 0.717) is 5.82 Å². The van der Waals surface area contributed by atoms with Gasteiger partial charge >= 0.3 is 0 Å². The highest BCUT2D eigenvalue weighted by molar-refractivity contribution is 5.75. The second-order valence-corrected chi connectivity index (χ2v) is 3.07. The number of carbonyl (C=O) groups is 1. The lowest BCUT2D eigenvalue weighted by atomic mass is 10.3. The maximum absolute atomic E-state index is 11.5. The molecule has 2 heterocycles. The number of carbonyl (C=O) groups excluding carboxylic acids is 1. The van der Waals surface area contributed by atoms with E-state index in [4.69, 9.17) is 0 Å². The molecule has 2 rings (SSSR count). The van der Waals surface area contributed by atoms with Crippen LogP contribution in [0.25, 0.3) is 0 Å². The summed E-state index contributed by atoms with van der Waals surface area (Å²) in [5, 5.41) is 26.3. The van der Waals surface area contributed by atoms with Crippen molar-refractivity contribution in [2.75, 3.05) is 0 Å². The van der Waals surface area contributed by atoms with Crippen molar-refractivity contribution in [1.29, 1.82) is 0 Å². The summed E-state index contributed by atoms with van der Waals surface area (Å²) in [4.78, 5) is 11.5. The van der Waals surface area contributed by atoms with Crippen molar-refractivity contribution in [1.82, 2.24) is 46.1 Å². The summed E-state index contributed by atoms with van der Waals surface area (Å²) in [7, 11) is 0.